The first-order valence-electron chi connectivity index (χ1n) is 7.83. The summed E-state index contributed by atoms with van der Waals surface area (Å²) in [4.78, 5) is 14.1. The lowest BCUT2D eigenvalue weighted by atomic mass is 10.0. The van der Waals surface area contributed by atoms with E-state index in [2.05, 4.69) is 34.8 Å². The van der Waals surface area contributed by atoms with Crippen molar-refractivity contribution >= 4 is 44.4 Å². The number of rotatable bonds is 5. The van der Waals surface area contributed by atoms with E-state index in [1.54, 1.807) is 12.1 Å². The highest BCUT2D eigenvalue weighted by atomic mass is 79.9. The largest absolute Gasteiger partial charge is 0.481 e. The van der Waals surface area contributed by atoms with E-state index < -0.39 is 5.97 Å². The number of aromatic amines is 1. The molecule has 0 radical (unpaired) electrons. The Balaban J connectivity index is 1.95. The van der Waals surface area contributed by atoms with Crippen LogP contribution in [0.4, 0.5) is 0 Å². The number of benzene rings is 2. The molecular formula is C19H17BrClNO3. The summed E-state index contributed by atoms with van der Waals surface area (Å²) in [5, 5.41) is 10.4. The summed E-state index contributed by atoms with van der Waals surface area (Å²) in [5.74, 6) is 0.629. The number of carboxylic acids is 1. The highest BCUT2D eigenvalue weighted by molar-refractivity contribution is 9.10. The number of nitrogens with one attached hydrogen (secondary N) is 1. The van der Waals surface area contributed by atoms with Gasteiger partial charge < -0.3 is 14.8 Å². The van der Waals surface area contributed by atoms with Gasteiger partial charge in [-0.15, -0.1) is 0 Å². The highest BCUT2D eigenvalue weighted by Gasteiger charge is 2.14. The molecule has 1 aromatic heterocycles. The minimum atomic E-state index is -0.907. The van der Waals surface area contributed by atoms with E-state index in [-0.39, 0.29) is 6.42 Å². The van der Waals surface area contributed by atoms with Gasteiger partial charge in [0.1, 0.15) is 5.75 Å². The molecule has 0 atom stereocenters. The molecule has 0 bridgehead atoms. The quantitative estimate of drug-likeness (QED) is 0.520. The SMILES string of the molecule is CC(C)c1c[nH]c2ccc(Oc3c(Cl)cc(CC(=O)O)cc3Br)cc12. The number of aliphatic carboxylic acids is 1. The second kappa shape index (κ2) is 7.10. The molecule has 0 aliphatic heterocycles. The molecule has 6 heteroatoms. The van der Waals surface area contributed by atoms with Gasteiger partial charge in [-0.25, -0.2) is 0 Å². The van der Waals surface area contributed by atoms with Crippen molar-refractivity contribution in [2.24, 2.45) is 0 Å². The third-order valence-corrected chi connectivity index (χ3v) is 4.81. The Kier molecular flexibility index (Phi) is 5.06. The van der Waals surface area contributed by atoms with Crippen molar-refractivity contribution in [2.75, 3.05) is 0 Å². The number of hydrogen-bond acceptors (Lipinski definition) is 2. The summed E-state index contributed by atoms with van der Waals surface area (Å²) in [6.07, 6.45) is 1.92. The average Bonchev–Trinajstić information content (AvgIpc) is 2.93. The summed E-state index contributed by atoms with van der Waals surface area (Å²) in [5.41, 5.74) is 2.89. The first kappa shape index (κ1) is 17.8. The van der Waals surface area contributed by atoms with E-state index in [0.717, 1.165) is 10.9 Å². The van der Waals surface area contributed by atoms with E-state index in [4.69, 9.17) is 21.4 Å². The van der Waals surface area contributed by atoms with Crippen molar-refractivity contribution in [1.82, 2.24) is 4.98 Å². The molecule has 1 heterocycles. The zero-order valence-electron chi connectivity index (χ0n) is 13.8. The van der Waals surface area contributed by atoms with E-state index in [1.807, 2.05) is 24.4 Å². The van der Waals surface area contributed by atoms with Crippen LogP contribution in [0.3, 0.4) is 0 Å². The molecule has 3 aromatic rings. The minimum Gasteiger partial charge on any atom is -0.481 e. The Hall–Kier alpha value is -1.98. The lowest BCUT2D eigenvalue weighted by Gasteiger charge is -2.12. The van der Waals surface area contributed by atoms with Gasteiger partial charge >= 0.3 is 5.97 Å². The van der Waals surface area contributed by atoms with Gasteiger partial charge in [-0.3, -0.25) is 4.79 Å². The first-order valence-corrected chi connectivity index (χ1v) is 9.01. The third-order valence-electron chi connectivity index (χ3n) is 3.94. The molecule has 0 aliphatic carbocycles. The summed E-state index contributed by atoms with van der Waals surface area (Å²) in [6, 6.07) is 9.15. The normalized spacial score (nSPS) is 11.2. The highest BCUT2D eigenvalue weighted by Crippen LogP contribution is 2.39. The van der Waals surface area contributed by atoms with Gasteiger partial charge in [-0.1, -0.05) is 25.4 Å². The van der Waals surface area contributed by atoms with Crippen LogP contribution in [0, 0.1) is 0 Å². The van der Waals surface area contributed by atoms with Crippen molar-refractivity contribution in [3.05, 3.63) is 57.2 Å². The van der Waals surface area contributed by atoms with Gasteiger partial charge in [0.25, 0.3) is 0 Å². The Labute approximate surface area is 158 Å². The number of H-pyrrole nitrogens is 1. The van der Waals surface area contributed by atoms with Crippen LogP contribution in [0.15, 0.2) is 41.0 Å². The fraction of sp³-hybridized carbons (Fsp3) is 0.211. The first-order chi connectivity index (χ1) is 11.8. The molecule has 3 rings (SSSR count). The topological polar surface area (TPSA) is 62.3 Å². The predicted octanol–water partition coefficient (Wildman–Crippen LogP) is 6.13. The Bertz CT molecular complexity index is 926. The fourth-order valence-electron chi connectivity index (χ4n) is 2.77. The van der Waals surface area contributed by atoms with Crippen LogP contribution in [0.2, 0.25) is 5.02 Å². The number of fused-ring (bicyclic) bond motifs is 1. The van der Waals surface area contributed by atoms with Crippen molar-refractivity contribution in [3.8, 4) is 11.5 Å². The maximum Gasteiger partial charge on any atom is 0.307 e. The Morgan fingerprint density at radius 3 is 2.72 bits per heavy atom. The summed E-state index contributed by atoms with van der Waals surface area (Å²) < 4.78 is 6.59. The minimum absolute atomic E-state index is 0.0916. The van der Waals surface area contributed by atoms with Gasteiger partial charge in [0.15, 0.2) is 5.75 Å². The molecule has 130 valence electrons. The Morgan fingerprint density at radius 2 is 2.08 bits per heavy atom. The van der Waals surface area contributed by atoms with Crippen LogP contribution < -0.4 is 4.74 Å². The van der Waals surface area contributed by atoms with Gasteiger partial charge in [0.2, 0.25) is 0 Å². The van der Waals surface area contributed by atoms with Crippen LogP contribution in [-0.4, -0.2) is 16.1 Å². The van der Waals surface area contributed by atoms with Crippen LogP contribution in [0.1, 0.15) is 30.9 Å². The molecule has 0 saturated heterocycles. The molecule has 0 saturated carbocycles. The summed E-state index contributed by atoms with van der Waals surface area (Å²) in [6.45, 7) is 4.29. The third kappa shape index (κ3) is 3.83. The van der Waals surface area contributed by atoms with Crippen LogP contribution in [0.5, 0.6) is 11.5 Å². The van der Waals surface area contributed by atoms with Crippen molar-refractivity contribution in [2.45, 2.75) is 26.2 Å². The zero-order chi connectivity index (χ0) is 18.1. The van der Waals surface area contributed by atoms with Crippen molar-refractivity contribution in [1.29, 1.82) is 0 Å². The zero-order valence-corrected chi connectivity index (χ0v) is 16.1. The molecule has 0 aliphatic rings. The average molecular weight is 423 g/mol. The van der Waals surface area contributed by atoms with Gasteiger partial charge in [0.05, 0.1) is 15.9 Å². The molecule has 2 aromatic carbocycles. The number of halogens is 2. The van der Waals surface area contributed by atoms with Crippen LogP contribution in [-0.2, 0) is 11.2 Å². The number of aromatic nitrogens is 1. The molecule has 0 fully saturated rings. The maximum atomic E-state index is 10.9. The smallest absolute Gasteiger partial charge is 0.307 e. The van der Waals surface area contributed by atoms with E-state index in [9.17, 15) is 4.79 Å². The monoisotopic (exact) mass is 421 g/mol. The van der Waals surface area contributed by atoms with Gasteiger partial charge in [-0.05, 0) is 63.3 Å². The Morgan fingerprint density at radius 1 is 1.32 bits per heavy atom. The fourth-order valence-corrected chi connectivity index (χ4v) is 3.75. The van der Waals surface area contributed by atoms with E-state index >= 15 is 0 Å². The maximum absolute atomic E-state index is 10.9. The lowest BCUT2D eigenvalue weighted by molar-refractivity contribution is -0.136. The summed E-state index contributed by atoms with van der Waals surface area (Å²) >= 11 is 9.71. The molecule has 0 spiro atoms. The molecule has 0 amide bonds. The molecule has 2 N–H and O–H groups in total. The molecule has 4 nitrogen and oxygen atoms in total. The second-order valence-corrected chi connectivity index (χ2v) is 7.43. The molecule has 0 unspecified atom stereocenters. The van der Waals surface area contributed by atoms with Crippen LogP contribution in [0.25, 0.3) is 10.9 Å². The van der Waals surface area contributed by atoms with Crippen LogP contribution >= 0.6 is 27.5 Å². The van der Waals surface area contributed by atoms with E-state index in [1.165, 1.54) is 5.56 Å². The van der Waals surface area contributed by atoms with E-state index in [0.29, 0.717) is 32.5 Å². The number of hydrogen-bond donors (Lipinski definition) is 2. The summed E-state index contributed by atoms with van der Waals surface area (Å²) in [7, 11) is 0. The van der Waals surface area contributed by atoms with Gasteiger partial charge in [-0.2, -0.15) is 0 Å². The van der Waals surface area contributed by atoms with Gasteiger partial charge in [0, 0.05) is 17.1 Å². The molecular weight excluding hydrogens is 406 g/mol. The predicted molar refractivity (Wildman–Crippen MR) is 103 cm³/mol. The second-order valence-electron chi connectivity index (χ2n) is 6.17. The number of carboxylic acid groups (broad SMARTS) is 1. The lowest BCUT2D eigenvalue weighted by Crippen LogP contribution is -2.00. The molecule has 25 heavy (non-hydrogen) atoms. The van der Waals surface area contributed by atoms with Crippen molar-refractivity contribution in [3.63, 3.8) is 0 Å². The number of ether oxygens (including phenoxy) is 1. The van der Waals surface area contributed by atoms with Crippen molar-refractivity contribution < 1.29 is 14.6 Å². The standard InChI is InChI=1S/C19H17BrClNO3/c1-10(2)14-9-22-17-4-3-12(8-13(14)17)25-19-15(20)5-11(6-16(19)21)7-18(23)24/h3-6,8-10,22H,7H2,1-2H3,(H,23,24). The number of carbonyl (C=O) groups is 1.